The maximum atomic E-state index is 12.4. The van der Waals surface area contributed by atoms with Crippen molar-refractivity contribution in [3.63, 3.8) is 0 Å². The van der Waals surface area contributed by atoms with Gasteiger partial charge in [-0.15, -0.1) is 11.3 Å². The van der Waals surface area contributed by atoms with E-state index in [0.29, 0.717) is 9.90 Å². The number of carbonyl (C=O) groups is 1. The van der Waals surface area contributed by atoms with E-state index in [1.165, 1.54) is 11.3 Å². The van der Waals surface area contributed by atoms with Crippen LogP contribution in [-0.2, 0) is 0 Å². The number of carbonyl (C=O) groups excluding carboxylic acids is 1. The van der Waals surface area contributed by atoms with E-state index < -0.39 is 0 Å². The molecule has 106 valence electrons. The molecular weight excluding hydrogens is 437 g/mol. The molecule has 3 aromatic rings. The Morgan fingerprint density at radius 3 is 2.43 bits per heavy atom. The molecule has 1 N–H and O–H groups in total. The van der Waals surface area contributed by atoms with E-state index in [-0.39, 0.29) is 5.91 Å². The number of rotatable bonds is 2. The van der Waals surface area contributed by atoms with Gasteiger partial charge in [-0.25, -0.2) is 0 Å². The highest BCUT2D eigenvalue weighted by molar-refractivity contribution is 9.10. The average molecular weight is 446 g/mol. The summed E-state index contributed by atoms with van der Waals surface area (Å²) in [5, 5.41) is 4.25. The van der Waals surface area contributed by atoms with Crippen LogP contribution >= 0.6 is 54.8 Å². The number of nitrogens with one attached hydrogen (secondary N) is 1. The summed E-state index contributed by atoms with van der Waals surface area (Å²) in [5.74, 6) is -0.195. The second kappa shape index (κ2) is 6.08. The Bertz CT molecular complexity index is 830. The van der Waals surface area contributed by atoms with Gasteiger partial charge < -0.3 is 5.32 Å². The lowest BCUT2D eigenvalue weighted by Gasteiger charge is -2.03. The van der Waals surface area contributed by atoms with Gasteiger partial charge in [-0.3, -0.25) is 4.79 Å². The van der Waals surface area contributed by atoms with Crippen molar-refractivity contribution in [2.24, 2.45) is 0 Å². The molecular formula is C15H8Br2ClNOS. The van der Waals surface area contributed by atoms with E-state index in [1.807, 2.05) is 42.5 Å². The molecule has 0 unspecified atom stereocenters. The zero-order chi connectivity index (χ0) is 15.0. The van der Waals surface area contributed by atoms with Crippen molar-refractivity contribution in [2.45, 2.75) is 0 Å². The Kier molecular flexibility index (Phi) is 4.36. The predicted molar refractivity (Wildman–Crippen MR) is 96.6 cm³/mol. The number of anilines is 1. The number of amides is 1. The van der Waals surface area contributed by atoms with Gasteiger partial charge in [0.15, 0.2) is 0 Å². The van der Waals surface area contributed by atoms with E-state index in [1.54, 1.807) is 0 Å². The first-order chi connectivity index (χ1) is 10.0. The molecule has 0 fully saturated rings. The van der Waals surface area contributed by atoms with Crippen molar-refractivity contribution in [1.29, 1.82) is 0 Å². The van der Waals surface area contributed by atoms with E-state index in [9.17, 15) is 4.79 Å². The van der Waals surface area contributed by atoms with Gasteiger partial charge in [0.25, 0.3) is 5.91 Å². The molecule has 3 rings (SSSR count). The van der Waals surface area contributed by atoms with Crippen LogP contribution in [0.15, 0.2) is 51.4 Å². The quantitative estimate of drug-likeness (QED) is 0.491. The number of hydrogen-bond acceptors (Lipinski definition) is 2. The Morgan fingerprint density at radius 2 is 1.71 bits per heavy atom. The Balaban J connectivity index is 1.94. The van der Waals surface area contributed by atoms with Gasteiger partial charge in [0.2, 0.25) is 0 Å². The fraction of sp³-hybridized carbons (Fsp3) is 0. The van der Waals surface area contributed by atoms with E-state index >= 15 is 0 Å². The Labute approximate surface area is 147 Å². The van der Waals surface area contributed by atoms with Crippen LogP contribution < -0.4 is 5.32 Å². The molecule has 0 atom stereocenters. The van der Waals surface area contributed by atoms with Crippen molar-refractivity contribution in [3.8, 4) is 0 Å². The van der Waals surface area contributed by atoms with Crippen molar-refractivity contribution < 1.29 is 4.79 Å². The highest BCUT2D eigenvalue weighted by atomic mass is 79.9. The predicted octanol–water partition coefficient (Wildman–Crippen LogP) is 6.33. The van der Waals surface area contributed by atoms with E-state index in [2.05, 4.69) is 37.2 Å². The van der Waals surface area contributed by atoms with Crippen LogP contribution in [0.3, 0.4) is 0 Å². The summed E-state index contributed by atoms with van der Waals surface area (Å²) in [6, 6.07) is 13.2. The van der Waals surface area contributed by atoms with Gasteiger partial charge >= 0.3 is 0 Å². The van der Waals surface area contributed by atoms with Gasteiger partial charge in [-0.1, -0.05) is 49.5 Å². The van der Waals surface area contributed by atoms with Crippen LogP contribution in [0.5, 0.6) is 0 Å². The second-order valence-electron chi connectivity index (χ2n) is 4.35. The molecule has 6 heteroatoms. The molecule has 0 saturated carbocycles. The summed E-state index contributed by atoms with van der Waals surface area (Å²) in [5.41, 5.74) is 0.734. The van der Waals surface area contributed by atoms with Crippen molar-refractivity contribution >= 4 is 76.5 Å². The Morgan fingerprint density at radius 1 is 1.05 bits per heavy atom. The van der Waals surface area contributed by atoms with Crippen molar-refractivity contribution in [1.82, 2.24) is 0 Å². The summed E-state index contributed by atoms with van der Waals surface area (Å²) >= 11 is 14.5. The lowest BCUT2D eigenvalue weighted by Crippen LogP contribution is -2.10. The van der Waals surface area contributed by atoms with Gasteiger partial charge in [-0.05, 0) is 36.4 Å². The molecule has 0 spiro atoms. The van der Waals surface area contributed by atoms with Crippen molar-refractivity contribution in [3.05, 3.63) is 61.3 Å². The maximum Gasteiger partial charge on any atom is 0.267 e. The van der Waals surface area contributed by atoms with Crippen LogP contribution in [0.2, 0.25) is 5.02 Å². The van der Waals surface area contributed by atoms with E-state index in [4.69, 9.17) is 11.6 Å². The standard InChI is InChI=1S/C15H8Br2ClNOS/c16-8-1-4-10(5-2-8)19-15(20)14-13(18)11-6-3-9(17)7-12(11)21-14/h1-7H,(H,19,20). The number of fused-ring (bicyclic) bond motifs is 1. The lowest BCUT2D eigenvalue weighted by molar-refractivity contribution is 0.103. The third-order valence-corrected chi connectivity index (χ3v) is 5.58. The lowest BCUT2D eigenvalue weighted by atomic mass is 10.2. The first-order valence-corrected chi connectivity index (χ1v) is 8.77. The normalized spacial score (nSPS) is 10.8. The van der Waals surface area contributed by atoms with Gasteiger partial charge in [0, 0.05) is 24.7 Å². The number of thiophene rings is 1. The third-order valence-electron chi connectivity index (χ3n) is 2.90. The molecule has 2 aromatic carbocycles. The number of hydrogen-bond donors (Lipinski definition) is 1. The first-order valence-electron chi connectivity index (χ1n) is 5.99. The summed E-state index contributed by atoms with van der Waals surface area (Å²) in [6.07, 6.45) is 0. The molecule has 1 amide bonds. The summed E-state index contributed by atoms with van der Waals surface area (Å²) in [7, 11) is 0. The molecule has 21 heavy (non-hydrogen) atoms. The van der Waals surface area contributed by atoms with Crippen LogP contribution in [0.4, 0.5) is 5.69 Å². The molecule has 0 saturated heterocycles. The monoisotopic (exact) mass is 443 g/mol. The molecule has 0 aliphatic carbocycles. The van der Waals surface area contributed by atoms with Crippen LogP contribution in [0.1, 0.15) is 9.67 Å². The number of halogens is 3. The van der Waals surface area contributed by atoms with E-state index in [0.717, 1.165) is 24.7 Å². The minimum atomic E-state index is -0.195. The highest BCUT2D eigenvalue weighted by Crippen LogP contribution is 2.37. The summed E-state index contributed by atoms with van der Waals surface area (Å²) in [6.45, 7) is 0. The maximum absolute atomic E-state index is 12.4. The van der Waals surface area contributed by atoms with Crippen LogP contribution in [-0.4, -0.2) is 5.91 Å². The minimum Gasteiger partial charge on any atom is -0.321 e. The highest BCUT2D eigenvalue weighted by Gasteiger charge is 2.17. The zero-order valence-electron chi connectivity index (χ0n) is 10.5. The SMILES string of the molecule is O=C(Nc1ccc(Br)cc1)c1sc2cc(Br)ccc2c1Cl. The van der Waals surface area contributed by atoms with Gasteiger partial charge in [0.05, 0.1) is 5.02 Å². The summed E-state index contributed by atoms with van der Waals surface area (Å²) < 4.78 is 2.91. The van der Waals surface area contributed by atoms with Crippen LogP contribution in [0.25, 0.3) is 10.1 Å². The fourth-order valence-electron chi connectivity index (χ4n) is 1.91. The zero-order valence-corrected chi connectivity index (χ0v) is 15.2. The third kappa shape index (κ3) is 3.16. The molecule has 1 heterocycles. The Hall–Kier alpha value is -0.880. The second-order valence-corrected chi connectivity index (χ2v) is 7.61. The summed E-state index contributed by atoms with van der Waals surface area (Å²) in [4.78, 5) is 12.9. The molecule has 0 radical (unpaired) electrons. The van der Waals surface area contributed by atoms with Crippen molar-refractivity contribution in [2.75, 3.05) is 5.32 Å². The largest absolute Gasteiger partial charge is 0.321 e. The average Bonchev–Trinajstić information content (AvgIpc) is 2.78. The smallest absolute Gasteiger partial charge is 0.267 e. The molecule has 1 aromatic heterocycles. The molecule has 0 aliphatic rings. The fourth-order valence-corrected chi connectivity index (χ4v) is 4.13. The molecule has 0 aliphatic heterocycles. The van der Waals surface area contributed by atoms with Crippen LogP contribution in [0, 0.1) is 0 Å². The number of benzene rings is 2. The molecule has 2 nitrogen and oxygen atoms in total. The minimum absolute atomic E-state index is 0.195. The topological polar surface area (TPSA) is 29.1 Å². The first kappa shape index (κ1) is 15.0. The molecule has 0 bridgehead atoms. The van der Waals surface area contributed by atoms with Gasteiger partial charge in [0.1, 0.15) is 4.88 Å². The van der Waals surface area contributed by atoms with Gasteiger partial charge in [-0.2, -0.15) is 0 Å².